The van der Waals surface area contributed by atoms with Crippen LogP contribution in [0.15, 0.2) is 73.0 Å². The smallest absolute Gasteiger partial charge is 0.409 e. The molecule has 6 atom stereocenters. The highest BCUT2D eigenvalue weighted by Gasteiger charge is 2.65. The quantitative estimate of drug-likeness (QED) is 0.104. The number of aliphatic hydroxyl groups excluding tert-OH is 2. The van der Waals surface area contributed by atoms with E-state index in [4.69, 9.17) is 23.8 Å². The summed E-state index contributed by atoms with van der Waals surface area (Å²) in [7, 11) is 3.23. The molecule has 1 aliphatic heterocycles. The minimum atomic E-state index is -1.31. The number of likely N-dealkylation sites (N-methyl/N-ethyl adjacent to an activating group) is 1. The Labute approximate surface area is 279 Å². The number of carbonyl (C=O) groups is 1. The van der Waals surface area contributed by atoms with Gasteiger partial charge < -0.3 is 38.9 Å². The number of allylic oxidation sites excluding steroid dienone is 1. The lowest BCUT2D eigenvalue weighted by molar-refractivity contribution is -0.253. The van der Waals surface area contributed by atoms with Gasteiger partial charge in [0.15, 0.2) is 0 Å². The summed E-state index contributed by atoms with van der Waals surface area (Å²) in [5, 5.41) is 23.9. The molecule has 4 rings (SSSR count). The van der Waals surface area contributed by atoms with Crippen LogP contribution in [0.5, 0.6) is 11.5 Å². The van der Waals surface area contributed by atoms with Gasteiger partial charge in [-0.3, -0.25) is 0 Å². The zero-order valence-electron chi connectivity index (χ0n) is 28.0. The molecule has 1 heterocycles. The fourth-order valence-electron chi connectivity index (χ4n) is 7.54. The molecule has 0 spiro atoms. The van der Waals surface area contributed by atoms with Crippen LogP contribution >= 0.6 is 0 Å². The molecule has 1 aromatic carbocycles. The summed E-state index contributed by atoms with van der Waals surface area (Å²) in [5.41, 5.74) is 2.69. The maximum atomic E-state index is 13.5. The second kappa shape index (κ2) is 17.5. The predicted octanol–water partition coefficient (Wildman–Crippen LogP) is 6.16. The topological polar surface area (TPSA) is 119 Å². The molecule has 3 aliphatic rings. The Morgan fingerprint density at radius 2 is 1.83 bits per heavy atom. The molecule has 258 valence electrons. The molecule has 1 fully saturated rings. The number of aliphatic hydroxyl groups is 2. The van der Waals surface area contributed by atoms with Gasteiger partial charge >= 0.3 is 6.09 Å². The molecule has 1 amide bonds. The summed E-state index contributed by atoms with van der Waals surface area (Å²) in [5.74, 6) is -0.171. The van der Waals surface area contributed by atoms with E-state index in [1.165, 1.54) is 7.11 Å². The van der Waals surface area contributed by atoms with Crippen LogP contribution in [-0.4, -0.2) is 85.9 Å². The number of carbonyl (C=O) groups excluding carboxylic acids is 1. The SMILES string of the molecule is C=CCCOC(=O)N(C)[C@H]1CC(=NOC)C2=C[C@H](CCCCO)[C@@H](CCCCO)[C@@H]3c4cc(OCC=C)ccc4O[C@@]1(OCC=C)[C@H]23. The first-order valence-electron chi connectivity index (χ1n) is 16.8. The number of nitrogens with zero attached hydrogens (tertiary/aromatic N) is 2. The van der Waals surface area contributed by atoms with Crippen LogP contribution < -0.4 is 9.47 Å². The van der Waals surface area contributed by atoms with E-state index < -0.39 is 17.9 Å². The maximum Gasteiger partial charge on any atom is 0.409 e. The van der Waals surface area contributed by atoms with Gasteiger partial charge in [-0.25, -0.2) is 4.79 Å². The van der Waals surface area contributed by atoms with Crippen LogP contribution in [-0.2, 0) is 14.3 Å². The van der Waals surface area contributed by atoms with Crippen LogP contribution in [0.2, 0.25) is 0 Å². The summed E-state index contributed by atoms with van der Waals surface area (Å²) < 4.78 is 25.5. The Kier molecular flexibility index (Phi) is 13.5. The third-order valence-corrected chi connectivity index (χ3v) is 9.52. The number of rotatable bonds is 19. The van der Waals surface area contributed by atoms with Crippen LogP contribution in [0.1, 0.15) is 62.8 Å². The van der Waals surface area contributed by atoms with Crippen molar-refractivity contribution in [3.8, 4) is 11.5 Å². The fraction of sp³-hybridized carbons (Fsp3) is 0.568. The molecule has 10 heteroatoms. The third kappa shape index (κ3) is 7.93. The van der Waals surface area contributed by atoms with Crippen molar-refractivity contribution in [1.29, 1.82) is 0 Å². The zero-order chi connectivity index (χ0) is 33.8. The molecule has 0 radical (unpaired) electrons. The number of ether oxygens (including phenoxy) is 4. The lowest BCUT2D eigenvalue weighted by Crippen LogP contribution is -2.69. The van der Waals surface area contributed by atoms with Gasteiger partial charge in [0.05, 0.1) is 24.8 Å². The minimum absolute atomic E-state index is 0.119. The van der Waals surface area contributed by atoms with Crippen molar-refractivity contribution in [2.24, 2.45) is 22.9 Å². The predicted molar refractivity (Wildman–Crippen MR) is 182 cm³/mol. The second-order valence-electron chi connectivity index (χ2n) is 12.4. The van der Waals surface area contributed by atoms with E-state index in [9.17, 15) is 15.0 Å². The molecule has 2 N–H and O–H groups in total. The highest BCUT2D eigenvalue weighted by atomic mass is 16.7. The molecular weight excluding hydrogens is 600 g/mol. The number of amides is 1. The van der Waals surface area contributed by atoms with Gasteiger partial charge in [-0.1, -0.05) is 48.9 Å². The van der Waals surface area contributed by atoms with Crippen LogP contribution in [0.3, 0.4) is 0 Å². The number of hydrogen-bond acceptors (Lipinski definition) is 9. The number of hydrogen-bond donors (Lipinski definition) is 2. The van der Waals surface area contributed by atoms with Crippen molar-refractivity contribution in [2.75, 3.05) is 47.2 Å². The standard InChI is InChI=1S/C37H52N2O8/c1-6-9-22-45-36(42)39(4)33-25-31(38-43-5)29-23-26(14-10-12-18-40)28(15-11-13-19-41)34-30-24-27(44-20-7-2)16-17-32(30)47-37(33,35(29)34)46-21-8-3/h6-8,16-17,23-24,26,28,33-35,40-41H,1-3,9-15,18-22,25H2,4-5H3/t26-,28+,33-,34+,35+,37+/m0/s1. The average molecular weight is 653 g/mol. The van der Waals surface area contributed by atoms with Crippen molar-refractivity contribution in [3.05, 3.63) is 73.4 Å². The lowest BCUT2D eigenvalue weighted by Gasteiger charge is -2.59. The monoisotopic (exact) mass is 652 g/mol. The van der Waals surface area contributed by atoms with E-state index in [1.807, 2.05) is 12.1 Å². The van der Waals surface area contributed by atoms with Gasteiger partial charge in [0.2, 0.25) is 5.79 Å². The van der Waals surface area contributed by atoms with Gasteiger partial charge in [0, 0.05) is 38.2 Å². The maximum absolute atomic E-state index is 13.5. The molecule has 1 saturated carbocycles. The van der Waals surface area contributed by atoms with Crippen molar-refractivity contribution >= 4 is 11.8 Å². The molecule has 10 nitrogen and oxygen atoms in total. The Hall–Kier alpha value is -3.60. The van der Waals surface area contributed by atoms with E-state index in [0.29, 0.717) is 43.8 Å². The fourth-order valence-corrected chi connectivity index (χ4v) is 7.54. The number of fused-ring (bicyclic) bond motifs is 2. The zero-order valence-corrected chi connectivity index (χ0v) is 28.0. The Bertz CT molecular complexity index is 1290. The molecule has 0 saturated heterocycles. The van der Waals surface area contributed by atoms with E-state index in [-0.39, 0.29) is 50.1 Å². The molecule has 0 unspecified atom stereocenters. The van der Waals surface area contributed by atoms with E-state index >= 15 is 0 Å². The Balaban J connectivity index is 1.96. The first-order chi connectivity index (χ1) is 22.9. The summed E-state index contributed by atoms with van der Waals surface area (Å²) >= 11 is 0. The summed E-state index contributed by atoms with van der Waals surface area (Å²) in [6.45, 7) is 12.5. The number of benzene rings is 1. The highest BCUT2D eigenvalue weighted by Crippen LogP contribution is 2.61. The van der Waals surface area contributed by atoms with Gasteiger partial charge in [0.1, 0.15) is 31.3 Å². The van der Waals surface area contributed by atoms with E-state index in [1.54, 1.807) is 30.2 Å². The average Bonchev–Trinajstić information content (AvgIpc) is 3.08. The summed E-state index contributed by atoms with van der Waals surface area (Å²) in [4.78, 5) is 20.5. The van der Waals surface area contributed by atoms with E-state index in [0.717, 1.165) is 42.5 Å². The van der Waals surface area contributed by atoms with E-state index in [2.05, 4.69) is 37.0 Å². The normalized spacial score (nSPS) is 26.6. The van der Waals surface area contributed by atoms with Gasteiger partial charge in [-0.05, 0) is 67.7 Å². The van der Waals surface area contributed by atoms with Crippen molar-refractivity contribution in [2.45, 2.75) is 69.1 Å². The third-order valence-electron chi connectivity index (χ3n) is 9.52. The second-order valence-corrected chi connectivity index (χ2v) is 12.4. The minimum Gasteiger partial charge on any atom is -0.490 e. The largest absolute Gasteiger partial charge is 0.490 e. The molecule has 47 heavy (non-hydrogen) atoms. The first-order valence-corrected chi connectivity index (χ1v) is 16.8. The van der Waals surface area contributed by atoms with Crippen LogP contribution in [0.25, 0.3) is 0 Å². The molecule has 1 aromatic rings. The molecular formula is C37H52N2O8. The number of oxime groups is 1. The highest BCUT2D eigenvalue weighted by molar-refractivity contribution is 6.02. The summed E-state index contributed by atoms with van der Waals surface area (Å²) in [6.07, 6.45) is 12.6. The van der Waals surface area contributed by atoms with Crippen molar-refractivity contribution < 1.29 is 38.8 Å². The Morgan fingerprint density at radius 1 is 1.09 bits per heavy atom. The Morgan fingerprint density at radius 3 is 2.51 bits per heavy atom. The van der Waals surface area contributed by atoms with Crippen LogP contribution in [0, 0.1) is 17.8 Å². The van der Waals surface area contributed by atoms with Crippen molar-refractivity contribution in [1.82, 2.24) is 4.90 Å². The summed E-state index contributed by atoms with van der Waals surface area (Å²) in [6, 6.07) is 5.22. The lowest BCUT2D eigenvalue weighted by atomic mass is 9.55. The van der Waals surface area contributed by atoms with Crippen molar-refractivity contribution in [3.63, 3.8) is 0 Å². The first kappa shape index (κ1) is 36.2. The molecule has 0 bridgehead atoms. The van der Waals surface area contributed by atoms with Gasteiger partial charge in [0.25, 0.3) is 0 Å². The van der Waals surface area contributed by atoms with Gasteiger partial charge in [-0.2, -0.15) is 0 Å². The molecule has 0 aromatic heterocycles. The molecule has 2 aliphatic carbocycles. The van der Waals surface area contributed by atoms with Gasteiger partial charge in [-0.15, -0.1) is 13.2 Å². The number of unbranched alkanes of at least 4 members (excludes halogenated alkanes) is 2. The van der Waals surface area contributed by atoms with Crippen LogP contribution in [0.4, 0.5) is 4.79 Å².